The van der Waals surface area contributed by atoms with Crippen LogP contribution in [0, 0.1) is 6.92 Å². The average Bonchev–Trinajstić information content (AvgIpc) is 3.21. The maximum Gasteiger partial charge on any atom is 0.332 e. The normalized spacial score (nSPS) is 13.6. The number of halogens is 1. The standard InChI is InChI=1S/C18H20ClN5O3/c1-11-4-5-12(19)10-13(11)22-7-8-23-14-15(20-17(22)23)21(2)18(27)24(16(14)26)6-3-9-25/h4-5,10,25H,3,6-9H2,1-2H3. The first kappa shape index (κ1) is 17.8. The first-order valence-electron chi connectivity index (χ1n) is 8.78. The molecule has 1 aliphatic rings. The third-order valence-electron chi connectivity index (χ3n) is 5.00. The van der Waals surface area contributed by atoms with Crippen LogP contribution in [0.15, 0.2) is 27.8 Å². The van der Waals surface area contributed by atoms with E-state index >= 15 is 0 Å². The first-order chi connectivity index (χ1) is 12.9. The predicted octanol–water partition coefficient (Wildman–Crippen LogP) is 1.39. The van der Waals surface area contributed by atoms with E-state index in [4.69, 9.17) is 16.7 Å². The highest BCUT2D eigenvalue weighted by atomic mass is 35.5. The number of anilines is 2. The van der Waals surface area contributed by atoms with E-state index in [0.717, 1.165) is 11.3 Å². The van der Waals surface area contributed by atoms with Crippen LogP contribution >= 0.6 is 11.6 Å². The Morgan fingerprint density at radius 1 is 1.26 bits per heavy atom. The molecule has 1 aliphatic heterocycles. The summed E-state index contributed by atoms with van der Waals surface area (Å²) in [7, 11) is 1.61. The van der Waals surface area contributed by atoms with Crippen LogP contribution in [0.3, 0.4) is 0 Å². The van der Waals surface area contributed by atoms with Crippen LogP contribution in [0.2, 0.25) is 5.02 Å². The van der Waals surface area contributed by atoms with Gasteiger partial charge in [0.25, 0.3) is 5.56 Å². The Labute approximate surface area is 159 Å². The molecule has 3 heterocycles. The maximum atomic E-state index is 13.0. The monoisotopic (exact) mass is 389 g/mol. The Balaban J connectivity index is 1.94. The van der Waals surface area contributed by atoms with Gasteiger partial charge in [0.1, 0.15) is 0 Å². The molecule has 0 bridgehead atoms. The molecule has 0 saturated heterocycles. The van der Waals surface area contributed by atoms with Gasteiger partial charge in [0, 0.05) is 44.0 Å². The molecule has 1 N–H and O–H groups in total. The highest BCUT2D eigenvalue weighted by molar-refractivity contribution is 6.30. The molecule has 3 aromatic rings. The molecule has 0 unspecified atom stereocenters. The SMILES string of the molecule is Cc1ccc(Cl)cc1N1CCn2c1nc1c2c(=O)n(CCCO)c(=O)n1C. The van der Waals surface area contributed by atoms with Crippen LogP contribution in [-0.4, -0.2) is 36.9 Å². The summed E-state index contributed by atoms with van der Waals surface area (Å²) in [4.78, 5) is 32.1. The van der Waals surface area contributed by atoms with Gasteiger partial charge in [-0.15, -0.1) is 0 Å². The second-order valence-corrected chi connectivity index (χ2v) is 7.13. The zero-order valence-corrected chi connectivity index (χ0v) is 15.9. The lowest BCUT2D eigenvalue weighted by molar-refractivity contribution is 0.277. The first-order valence-corrected chi connectivity index (χ1v) is 9.16. The van der Waals surface area contributed by atoms with Gasteiger partial charge in [0.15, 0.2) is 11.2 Å². The molecule has 0 aliphatic carbocycles. The number of nitrogens with zero attached hydrogens (tertiary/aromatic N) is 5. The van der Waals surface area contributed by atoms with Gasteiger partial charge < -0.3 is 14.6 Å². The molecule has 142 valence electrons. The Hall–Kier alpha value is -2.58. The van der Waals surface area contributed by atoms with Crippen LogP contribution in [0.4, 0.5) is 11.6 Å². The highest BCUT2D eigenvalue weighted by Crippen LogP contribution is 2.34. The third kappa shape index (κ3) is 2.67. The van der Waals surface area contributed by atoms with Gasteiger partial charge in [-0.1, -0.05) is 17.7 Å². The molecule has 4 rings (SSSR count). The molecule has 2 aromatic heterocycles. The van der Waals surface area contributed by atoms with Crippen molar-refractivity contribution >= 4 is 34.4 Å². The molecule has 0 fully saturated rings. The van der Waals surface area contributed by atoms with Crippen LogP contribution in [-0.2, 0) is 20.1 Å². The van der Waals surface area contributed by atoms with E-state index in [9.17, 15) is 9.59 Å². The van der Waals surface area contributed by atoms with Crippen molar-refractivity contribution in [1.82, 2.24) is 18.7 Å². The molecule has 9 heteroatoms. The Kier molecular flexibility index (Phi) is 4.32. The van der Waals surface area contributed by atoms with Crippen molar-refractivity contribution in [3.63, 3.8) is 0 Å². The Morgan fingerprint density at radius 2 is 2.04 bits per heavy atom. The fourth-order valence-corrected chi connectivity index (χ4v) is 3.77. The summed E-state index contributed by atoms with van der Waals surface area (Å²) in [6.07, 6.45) is 0.343. The van der Waals surface area contributed by atoms with Gasteiger partial charge >= 0.3 is 5.69 Å². The number of benzene rings is 1. The summed E-state index contributed by atoms with van der Waals surface area (Å²) in [6, 6.07) is 5.66. The van der Waals surface area contributed by atoms with Crippen LogP contribution < -0.4 is 16.1 Å². The summed E-state index contributed by atoms with van der Waals surface area (Å²) < 4.78 is 4.41. The van der Waals surface area contributed by atoms with Gasteiger partial charge in [0.05, 0.1) is 0 Å². The summed E-state index contributed by atoms with van der Waals surface area (Å²) >= 11 is 6.17. The number of aliphatic hydroxyl groups excluding tert-OH is 1. The molecule has 1 aromatic carbocycles. The number of aromatic nitrogens is 4. The Bertz CT molecular complexity index is 1160. The number of fused-ring (bicyclic) bond motifs is 3. The molecule has 0 saturated carbocycles. The smallest absolute Gasteiger partial charge is 0.332 e. The summed E-state index contributed by atoms with van der Waals surface area (Å²) in [5.74, 6) is 0.627. The Morgan fingerprint density at radius 3 is 2.78 bits per heavy atom. The summed E-state index contributed by atoms with van der Waals surface area (Å²) in [6.45, 7) is 3.34. The van der Waals surface area contributed by atoms with Crippen molar-refractivity contribution in [3.05, 3.63) is 49.6 Å². The van der Waals surface area contributed by atoms with Gasteiger partial charge in [-0.2, -0.15) is 4.98 Å². The number of hydrogen-bond donors (Lipinski definition) is 1. The molecular formula is C18H20ClN5O3. The lowest BCUT2D eigenvalue weighted by Gasteiger charge is -2.18. The van der Waals surface area contributed by atoms with Crippen molar-refractivity contribution in [2.45, 2.75) is 26.4 Å². The minimum atomic E-state index is -0.428. The number of hydrogen-bond acceptors (Lipinski definition) is 5. The van der Waals surface area contributed by atoms with Gasteiger partial charge in [0.2, 0.25) is 5.95 Å². The van der Waals surface area contributed by atoms with E-state index in [1.54, 1.807) is 7.05 Å². The van der Waals surface area contributed by atoms with E-state index in [1.165, 1.54) is 9.13 Å². The molecular weight excluding hydrogens is 370 g/mol. The fourth-order valence-electron chi connectivity index (χ4n) is 3.61. The van der Waals surface area contributed by atoms with Crippen molar-refractivity contribution < 1.29 is 5.11 Å². The summed E-state index contributed by atoms with van der Waals surface area (Å²) in [5, 5.41) is 9.69. The lowest BCUT2D eigenvalue weighted by atomic mass is 10.2. The van der Waals surface area contributed by atoms with E-state index in [0.29, 0.717) is 41.6 Å². The van der Waals surface area contributed by atoms with E-state index < -0.39 is 5.69 Å². The van der Waals surface area contributed by atoms with Gasteiger partial charge in [-0.25, -0.2) is 4.79 Å². The predicted molar refractivity (Wildman–Crippen MR) is 104 cm³/mol. The number of aliphatic hydroxyl groups is 1. The van der Waals surface area contributed by atoms with E-state index in [1.807, 2.05) is 34.6 Å². The van der Waals surface area contributed by atoms with Crippen LogP contribution in [0.1, 0.15) is 12.0 Å². The molecule has 0 amide bonds. The third-order valence-corrected chi connectivity index (χ3v) is 5.24. The molecule has 0 radical (unpaired) electrons. The van der Waals surface area contributed by atoms with Gasteiger partial charge in [-0.05, 0) is 31.0 Å². The van der Waals surface area contributed by atoms with Crippen molar-refractivity contribution in [3.8, 4) is 0 Å². The molecule has 27 heavy (non-hydrogen) atoms. The second kappa shape index (κ2) is 6.54. The molecule has 0 atom stereocenters. The van der Waals surface area contributed by atoms with E-state index in [-0.39, 0.29) is 18.7 Å². The lowest BCUT2D eigenvalue weighted by Crippen LogP contribution is -2.39. The highest BCUT2D eigenvalue weighted by Gasteiger charge is 2.29. The number of aryl methyl sites for hydroxylation is 2. The van der Waals surface area contributed by atoms with Crippen LogP contribution in [0.25, 0.3) is 11.2 Å². The van der Waals surface area contributed by atoms with Crippen molar-refractivity contribution in [2.24, 2.45) is 7.05 Å². The van der Waals surface area contributed by atoms with Gasteiger partial charge in [-0.3, -0.25) is 13.9 Å². The zero-order chi connectivity index (χ0) is 19.3. The summed E-state index contributed by atoms with van der Waals surface area (Å²) in [5.41, 5.74) is 1.96. The van der Waals surface area contributed by atoms with E-state index in [2.05, 4.69) is 4.98 Å². The molecule has 8 nitrogen and oxygen atoms in total. The number of imidazole rings is 1. The molecule has 0 spiro atoms. The van der Waals surface area contributed by atoms with Crippen molar-refractivity contribution in [1.29, 1.82) is 0 Å². The maximum absolute atomic E-state index is 13.0. The second-order valence-electron chi connectivity index (χ2n) is 6.69. The number of rotatable bonds is 4. The minimum Gasteiger partial charge on any atom is -0.396 e. The zero-order valence-electron chi connectivity index (χ0n) is 15.1. The minimum absolute atomic E-state index is 0.0834. The van der Waals surface area contributed by atoms with Crippen molar-refractivity contribution in [2.75, 3.05) is 18.1 Å². The average molecular weight is 390 g/mol. The topological polar surface area (TPSA) is 85.3 Å². The quantitative estimate of drug-likeness (QED) is 0.728. The largest absolute Gasteiger partial charge is 0.396 e. The fraction of sp³-hybridized carbons (Fsp3) is 0.389. The van der Waals surface area contributed by atoms with Crippen LogP contribution in [0.5, 0.6) is 0 Å².